The first-order chi connectivity index (χ1) is 16.6. The molecule has 7 fully saturated rings. The van der Waals surface area contributed by atoms with E-state index in [9.17, 15) is 35.2 Å². The highest BCUT2D eigenvalue weighted by Gasteiger charge is 2.66. The van der Waals surface area contributed by atoms with Gasteiger partial charge in [0.15, 0.2) is 0 Å². The molecule has 1 N–H and O–H groups in total. The fourth-order valence-electron chi connectivity index (χ4n) is 8.42. The van der Waals surface area contributed by atoms with E-state index in [2.05, 4.69) is 4.74 Å². The van der Waals surface area contributed by atoms with Gasteiger partial charge < -0.3 is 14.2 Å². The smallest absolute Gasteiger partial charge is 0.460 e. The van der Waals surface area contributed by atoms with Crippen LogP contribution in [0.4, 0.5) is 13.6 Å². The van der Waals surface area contributed by atoms with Crippen LogP contribution in [0.5, 0.6) is 0 Å². The van der Waals surface area contributed by atoms with E-state index in [0.717, 1.165) is 6.42 Å². The first-order valence-electron chi connectivity index (χ1n) is 12.0. The second-order valence-electron chi connectivity index (χ2n) is 11.6. The summed E-state index contributed by atoms with van der Waals surface area (Å²) in [5.41, 5.74) is -1.74. The van der Waals surface area contributed by atoms with E-state index in [1.807, 2.05) is 0 Å². The van der Waals surface area contributed by atoms with E-state index in [4.69, 9.17) is 18.2 Å². The zero-order valence-corrected chi connectivity index (χ0v) is 20.6. The Morgan fingerprint density at radius 2 is 1.75 bits per heavy atom. The van der Waals surface area contributed by atoms with E-state index in [0.29, 0.717) is 38.5 Å². The largest absolute Gasteiger partial charge is 0.509 e. The molecule has 1 heterocycles. The van der Waals surface area contributed by atoms with Crippen LogP contribution in [0.1, 0.15) is 51.4 Å². The third-order valence-electron chi connectivity index (χ3n) is 9.15. The van der Waals surface area contributed by atoms with Gasteiger partial charge in [0.25, 0.3) is 10.1 Å². The minimum absolute atomic E-state index is 0.0893. The number of hydrogen-bond acceptors (Lipinski definition) is 10. The van der Waals surface area contributed by atoms with Crippen LogP contribution in [0.3, 0.4) is 0 Å². The van der Waals surface area contributed by atoms with Crippen molar-refractivity contribution in [2.75, 3.05) is 6.61 Å². The van der Waals surface area contributed by atoms with Crippen LogP contribution in [-0.2, 0) is 43.4 Å². The molecule has 7 rings (SSSR count). The van der Waals surface area contributed by atoms with E-state index in [1.165, 1.54) is 0 Å². The molecule has 0 spiro atoms. The number of esters is 1. The van der Waals surface area contributed by atoms with Gasteiger partial charge in [-0.05, 0) is 63.2 Å². The second-order valence-corrected chi connectivity index (χ2v) is 14.9. The second kappa shape index (κ2) is 7.50. The highest BCUT2D eigenvalue weighted by atomic mass is 32.2. The molecule has 0 amide bonds. The number of hydrogen-bond donors (Lipinski definition) is 1. The lowest BCUT2D eigenvalue weighted by Crippen LogP contribution is -2.59. The summed E-state index contributed by atoms with van der Waals surface area (Å²) in [7, 11) is -9.64. The van der Waals surface area contributed by atoms with Crippen molar-refractivity contribution < 1.29 is 58.2 Å². The lowest BCUT2D eigenvalue weighted by Gasteiger charge is -2.60. The van der Waals surface area contributed by atoms with Gasteiger partial charge in [0, 0.05) is 17.3 Å². The highest BCUT2D eigenvalue weighted by Crippen LogP contribution is 2.63. The Bertz CT molecular complexity index is 1200. The standard InChI is InChI=1S/C21H26F2O11S2/c22-21(23,36(28,29)30)17(24)31-9-19-4-10-1-11(5-19)7-20(6-10,8-19)33-18(25)32-15-12-2-13-14(3-12)35(26,27)34-16(13)15/h10-16H,1-9H2,(H,28,29,30). The number of carbonyl (C=O) groups is 2. The van der Waals surface area contributed by atoms with Crippen molar-refractivity contribution in [1.29, 1.82) is 0 Å². The first kappa shape index (κ1) is 24.7. The Morgan fingerprint density at radius 1 is 1.08 bits per heavy atom. The van der Waals surface area contributed by atoms with Crippen LogP contribution in [0.25, 0.3) is 0 Å². The van der Waals surface area contributed by atoms with E-state index in [-0.39, 0.29) is 30.1 Å². The lowest BCUT2D eigenvalue weighted by atomic mass is 9.48. The first-order valence-corrected chi connectivity index (χ1v) is 14.9. The number of ether oxygens (including phenoxy) is 3. The van der Waals surface area contributed by atoms with Crippen molar-refractivity contribution in [3.05, 3.63) is 0 Å². The van der Waals surface area contributed by atoms with Crippen molar-refractivity contribution >= 4 is 32.4 Å². The van der Waals surface area contributed by atoms with Gasteiger partial charge in [-0.1, -0.05) is 0 Å². The molecular weight excluding hydrogens is 530 g/mol. The Labute approximate surface area is 206 Å². The molecule has 15 heteroatoms. The topological polar surface area (TPSA) is 160 Å². The minimum Gasteiger partial charge on any atom is -0.460 e. The third kappa shape index (κ3) is 3.67. The molecule has 1 saturated heterocycles. The molecule has 0 aromatic carbocycles. The summed E-state index contributed by atoms with van der Waals surface area (Å²) in [6.45, 7) is -0.494. The summed E-state index contributed by atoms with van der Waals surface area (Å²) in [5, 5.41) is -5.63. The zero-order valence-electron chi connectivity index (χ0n) is 19.0. The SMILES string of the molecule is O=C(OC1C2CC3C1OS(=O)(=O)C3C2)OC12CC3CC(CC(COC(=O)C(F)(F)S(=O)(=O)O)(C3)C1)C2. The molecule has 7 aliphatic rings. The Balaban J connectivity index is 1.13. The molecular formula is C21H26F2O11S2. The summed E-state index contributed by atoms with van der Waals surface area (Å²) in [6, 6.07) is 0. The monoisotopic (exact) mass is 556 g/mol. The number of carbonyl (C=O) groups excluding carboxylic acids is 2. The molecule has 7 atom stereocenters. The van der Waals surface area contributed by atoms with Crippen LogP contribution in [-0.4, -0.2) is 68.4 Å². The highest BCUT2D eigenvalue weighted by molar-refractivity contribution is 7.88. The number of fused-ring (bicyclic) bond motifs is 1. The van der Waals surface area contributed by atoms with Crippen molar-refractivity contribution in [2.24, 2.45) is 29.1 Å². The quantitative estimate of drug-likeness (QED) is 0.290. The van der Waals surface area contributed by atoms with E-state index in [1.54, 1.807) is 0 Å². The Kier molecular flexibility index (Phi) is 5.16. The van der Waals surface area contributed by atoms with Gasteiger partial charge in [0.2, 0.25) is 0 Å². The zero-order chi connectivity index (χ0) is 25.9. The van der Waals surface area contributed by atoms with E-state index >= 15 is 0 Å². The molecule has 6 saturated carbocycles. The van der Waals surface area contributed by atoms with Crippen molar-refractivity contribution in [2.45, 2.75) is 79.7 Å². The third-order valence-corrected chi connectivity index (χ3v) is 11.7. The molecule has 36 heavy (non-hydrogen) atoms. The van der Waals surface area contributed by atoms with Gasteiger partial charge in [-0.15, -0.1) is 0 Å². The number of alkyl halides is 2. The normalized spacial score (nSPS) is 45.6. The van der Waals surface area contributed by atoms with Gasteiger partial charge in [0.05, 0.1) is 11.9 Å². The molecule has 6 aliphatic carbocycles. The minimum atomic E-state index is -5.98. The maximum atomic E-state index is 13.7. The summed E-state index contributed by atoms with van der Waals surface area (Å²) < 4.78 is 103. The summed E-state index contributed by atoms with van der Waals surface area (Å²) in [4.78, 5) is 24.6. The Hall–Kier alpha value is -1.58. The van der Waals surface area contributed by atoms with Crippen LogP contribution >= 0.6 is 0 Å². The van der Waals surface area contributed by atoms with Crippen molar-refractivity contribution in [3.63, 3.8) is 0 Å². The summed E-state index contributed by atoms with van der Waals surface area (Å²) in [6.07, 6.45) is 1.81. The van der Waals surface area contributed by atoms with Crippen molar-refractivity contribution in [3.8, 4) is 0 Å². The predicted molar refractivity (Wildman–Crippen MR) is 112 cm³/mol. The van der Waals surface area contributed by atoms with Crippen molar-refractivity contribution in [1.82, 2.24) is 0 Å². The summed E-state index contributed by atoms with van der Waals surface area (Å²) >= 11 is 0. The number of halogens is 2. The molecule has 11 nitrogen and oxygen atoms in total. The van der Waals surface area contributed by atoms with Gasteiger partial charge in [-0.25, -0.2) is 9.59 Å². The van der Waals surface area contributed by atoms with Gasteiger partial charge >= 0.3 is 27.5 Å². The molecule has 0 aromatic heterocycles. The number of rotatable bonds is 6. The predicted octanol–water partition coefficient (Wildman–Crippen LogP) is 2.01. The maximum Gasteiger partial charge on any atom is 0.509 e. The molecule has 0 aromatic rings. The fourth-order valence-corrected chi connectivity index (χ4v) is 10.6. The van der Waals surface area contributed by atoms with Crippen LogP contribution in [0, 0.1) is 29.1 Å². The molecule has 7 unspecified atom stereocenters. The molecule has 0 radical (unpaired) electrons. The lowest BCUT2D eigenvalue weighted by molar-refractivity contribution is -0.201. The fraction of sp³-hybridized carbons (Fsp3) is 0.905. The maximum absolute atomic E-state index is 13.7. The van der Waals surface area contributed by atoms with Gasteiger partial charge in [0.1, 0.15) is 17.8 Å². The molecule has 6 bridgehead atoms. The summed E-state index contributed by atoms with van der Waals surface area (Å²) in [5.74, 6) is -2.49. The molecule has 1 aliphatic heterocycles. The average Bonchev–Trinajstić information content (AvgIpc) is 3.34. The van der Waals surface area contributed by atoms with Crippen LogP contribution in [0.15, 0.2) is 0 Å². The molecule has 202 valence electrons. The van der Waals surface area contributed by atoms with Gasteiger partial charge in [-0.3, -0.25) is 8.74 Å². The van der Waals surface area contributed by atoms with Gasteiger partial charge in [-0.2, -0.15) is 25.6 Å². The van der Waals surface area contributed by atoms with E-state index < -0.39 is 72.7 Å². The Morgan fingerprint density at radius 3 is 2.39 bits per heavy atom. The average molecular weight is 557 g/mol. The van der Waals surface area contributed by atoms with Crippen LogP contribution < -0.4 is 0 Å². The van der Waals surface area contributed by atoms with Crippen LogP contribution in [0.2, 0.25) is 0 Å².